The lowest BCUT2D eigenvalue weighted by Crippen LogP contribution is -2.39. The van der Waals surface area contributed by atoms with Crippen LogP contribution in [0, 0.1) is 0 Å². The summed E-state index contributed by atoms with van der Waals surface area (Å²) >= 11 is 0. The Balaban J connectivity index is 0. The topological polar surface area (TPSA) is 115 Å². The fourth-order valence-electron chi connectivity index (χ4n) is 0.270. The summed E-state index contributed by atoms with van der Waals surface area (Å²) in [5, 5.41) is 32.5. The number of hydrogen-bond acceptors (Lipinski definition) is 4. The third kappa shape index (κ3) is 3.54. The molecule has 66 valence electrons. The minimum atomic E-state index is -2.27. The van der Waals surface area contributed by atoms with Crippen LogP contribution >= 0.6 is 0 Å². The summed E-state index contributed by atoms with van der Waals surface area (Å²) in [4.78, 5) is 19.5. The van der Waals surface area contributed by atoms with Gasteiger partial charge in [0.05, 0.1) is 0 Å². The Morgan fingerprint density at radius 3 is 1.18 bits per heavy atom. The van der Waals surface area contributed by atoms with Crippen molar-refractivity contribution in [3.63, 3.8) is 0 Å². The first-order chi connectivity index (χ1) is 4.46. The van der Waals surface area contributed by atoms with E-state index in [1.165, 1.54) is 0 Å². The van der Waals surface area contributed by atoms with E-state index in [0.717, 1.165) is 0 Å². The average molecular weight is 166 g/mol. The molecule has 0 heterocycles. The minimum Gasteiger partial charge on any atom is -0.479 e. The maximum Gasteiger partial charge on any atom is 0.335 e. The lowest BCUT2D eigenvalue weighted by Gasteiger charge is -2.07. The number of carboxylic acids is 2. The SMILES string of the molecule is C.O=C(O)C(O)C(O)C(=O)O. The Bertz CT molecular complexity index is 135. The van der Waals surface area contributed by atoms with Crippen molar-refractivity contribution in [1.82, 2.24) is 0 Å². The Labute approximate surface area is 62.7 Å². The first-order valence-corrected chi connectivity index (χ1v) is 2.28. The maximum atomic E-state index is 9.77. The first-order valence-electron chi connectivity index (χ1n) is 2.28. The summed E-state index contributed by atoms with van der Waals surface area (Å²) in [6, 6.07) is 0. The van der Waals surface area contributed by atoms with E-state index in [-0.39, 0.29) is 7.43 Å². The van der Waals surface area contributed by atoms with Gasteiger partial charge in [-0.1, -0.05) is 7.43 Å². The Hall–Kier alpha value is -1.14. The number of carbonyl (C=O) groups is 2. The number of carboxylic acid groups (broad SMARTS) is 2. The summed E-state index contributed by atoms with van der Waals surface area (Å²) < 4.78 is 0. The lowest BCUT2D eigenvalue weighted by molar-refractivity contribution is -0.165. The van der Waals surface area contributed by atoms with E-state index >= 15 is 0 Å². The minimum absolute atomic E-state index is 0. The zero-order valence-corrected chi connectivity index (χ0v) is 4.76. The van der Waals surface area contributed by atoms with Gasteiger partial charge in [0.15, 0.2) is 12.2 Å². The normalized spacial score (nSPS) is 14.4. The van der Waals surface area contributed by atoms with Crippen molar-refractivity contribution in [2.75, 3.05) is 0 Å². The zero-order chi connectivity index (χ0) is 8.31. The van der Waals surface area contributed by atoms with E-state index in [1.807, 2.05) is 0 Å². The third-order valence-electron chi connectivity index (χ3n) is 0.805. The van der Waals surface area contributed by atoms with Crippen molar-refractivity contribution < 1.29 is 30.0 Å². The molecule has 0 aromatic heterocycles. The number of hydrogen-bond donors (Lipinski definition) is 4. The van der Waals surface area contributed by atoms with Gasteiger partial charge in [-0.3, -0.25) is 0 Å². The molecule has 6 heteroatoms. The van der Waals surface area contributed by atoms with E-state index in [1.54, 1.807) is 0 Å². The second kappa shape index (κ2) is 4.64. The molecule has 0 fully saturated rings. The summed E-state index contributed by atoms with van der Waals surface area (Å²) in [6.07, 6.45) is -4.53. The van der Waals surface area contributed by atoms with Crippen molar-refractivity contribution in [1.29, 1.82) is 0 Å². The Morgan fingerprint density at radius 1 is 0.909 bits per heavy atom. The number of aliphatic hydroxyl groups is 2. The molecule has 0 aromatic carbocycles. The predicted octanol–water partition coefficient (Wildman–Crippen LogP) is -1.49. The molecule has 0 aliphatic rings. The summed E-state index contributed by atoms with van der Waals surface area (Å²) in [5.41, 5.74) is 0. The second-order valence-electron chi connectivity index (χ2n) is 1.57. The maximum absolute atomic E-state index is 9.77. The van der Waals surface area contributed by atoms with Crippen molar-refractivity contribution in [3.05, 3.63) is 0 Å². The highest BCUT2D eigenvalue weighted by atomic mass is 16.4. The summed E-state index contributed by atoms with van der Waals surface area (Å²) in [6.45, 7) is 0. The molecular weight excluding hydrogens is 156 g/mol. The molecular formula is C5H10O6. The molecule has 0 aliphatic heterocycles. The van der Waals surface area contributed by atoms with Crippen LogP contribution in [0.1, 0.15) is 7.43 Å². The molecule has 0 aliphatic carbocycles. The number of aliphatic hydroxyl groups excluding tert-OH is 2. The Kier molecular flexibility index (Phi) is 5.29. The van der Waals surface area contributed by atoms with Gasteiger partial charge in [-0.2, -0.15) is 0 Å². The van der Waals surface area contributed by atoms with Gasteiger partial charge in [-0.05, 0) is 0 Å². The Morgan fingerprint density at radius 2 is 1.09 bits per heavy atom. The van der Waals surface area contributed by atoms with Crippen LogP contribution in [0.2, 0.25) is 0 Å². The standard InChI is InChI=1S/C4H6O6.CH4/c5-1(3(7)8)2(6)4(9)10;/h1-2,5-6H,(H,7,8)(H,9,10);1H4. The monoisotopic (exact) mass is 166 g/mol. The highest BCUT2D eigenvalue weighted by Gasteiger charge is 2.29. The molecule has 11 heavy (non-hydrogen) atoms. The molecule has 0 radical (unpaired) electrons. The molecule has 0 bridgehead atoms. The van der Waals surface area contributed by atoms with Crippen LogP contribution in [0.3, 0.4) is 0 Å². The van der Waals surface area contributed by atoms with Gasteiger partial charge in [0.25, 0.3) is 0 Å². The van der Waals surface area contributed by atoms with Crippen LogP contribution in [0.25, 0.3) is 0 Å². The van der Waals surface area contributed by atoms with Gasteiger partial charge >= 0.3 is 11.9 Å². The number of rotatable bonds is 3. The largest absolute Gasteiger partial charge is 0.479 e. The van der Waals surface area contributed by atoms with Crippen LogP contribution < -0.4 is 0 Å². The molecule has 2 atom stereocenters. The molecule has 4 N–H and O–H groups in total. The molecule has 0 amide bonds. The van der Waals surface area contributed by atoms with Gasteiger partial charge in [0, 0.05) is 0 Å². The number of aliphatic carboxylic acids is 2. The van der Waals surface area contributed by atoms with E-state index in [4.69, 9.17) is 20.4 Å². The second-order valence-corrected chi connectivity index (χ2v) is 1.57. The van der Waals surface area contributed by atoms with Crippen LogP contribution in [-0.4, -0.2) is 44.6 Å². The summed E-state index contributed by atoms with van der Waals surface area (Å²) in [5.74, 6) is -3.54. The van der Waals surface area contributed by atoms with Crippen LogP contribution in [0.5, 0.6) is 0 Å². The van der Waals surface area contributed by atoms with Crippen molar-refractivity contribution in [2.24, 2.45) is 0 Å². The quantitative estimate of drug-likeness (QED) is 0.406. The van der Waals surface area contributed by atoms with Crippen LogP contribution in [0.4, 0.5) is 0 Å². The molecule has 0 saturated carbocycles. The van der Waals surface area contributed by atoms with Gasteiger partial charge in [0.2, 0.25) is 0 Å². The van der Waals surface area contributed by atoms with Gasteiger partial charge in [0.1, 0.15) is 0 Å². The predicted molar refractivity (Wildman–Crippen MR) is 34.0 cm³/mol. The average Bonchev–Trinajstić information content (AvgIpc) is 1.84. The highest BCUT2D eigenvalue weighted by Crippen LogP contribution is 1.92. The molecule has 6 nitrogen and oxygen atoms in total. The van der Waals surface area contributed by atoms with Crippen molar-refractivity contribution in [3.8, 4) is 0 Å². The van der Waals surface area contributed by atoms with E-state index in [9.17, 15) is 9.59 Å². The van der Waals surface area contributed by atoms with Gasteiger partial charge in [-0.25, -0.2) is 9.59 Å². The third-order valence-corrected chi connectivity index (χ3v) is 0.805. The van der Waals surface area contributed by atoms with E-state index < -0.39 is 24.1 Å². The summed E-state index contributed by atoms with van der Waals surface area (Å²) in [7, 11) is 0. The van der Waals surface area contributed by atoms with E-state index in [0.29, 0.717) is 0 Å². The molecule has 0 aromatic rings. The van der Waals surface area contributed by atoms with Gasteiger partial charge in [-0.15, -0.1) is 0 Å². The highest BCUT2D eigenvalue weighted by molar-refractivity contribution is 5.82. The fraction of sp³-hybridized carbons (Fsp3) is 0.600. The molecule has 2 unspecified atom stereocenters. The van der Waals surface area contributed by atoms with Crippen LogP contribution in [-0.2, 0) is 9.59 Å². The molecule has 0 rings (SSSR count). The zero-order valence-electron chi connectivity index (χ0n) is 4.76. The molecule has 0 spiro atoms. The van der Waals surface area contributed by atoms with E-state index in [2.05, 4.69) is 0 Å². The lowest BCUT2D eigenvalue weighted by atomic mass is 10.2. The van der Waals surface area contributed by atoms with Gasteiger partial charge < -0.3 is 20.4 Å². The van der Waals surface area contributed by atoms with Crippen LogP contribution in [0.15, 0.2) is 0 Å². The van der Waals surface area contributed by atoms with Crippen molar-refractivity contribution in [2.45, 2.75) is 19.6 Å². The van der Waals surface area contributed by atoms with Crippen molar-refractivity contribution >= 4 is 11.9 Å². The molecule has 0 saturated heterocycles. The first kappa shape index (κ1) is 12.5. The fourth-order valence-corrected chi connectivity index (χ4v) is 0.270. The smallest absolute Gasteiger partial charge is 0.335 e.